The molecular formula is C13H19N5O. The Kier molecular flexibility index (Phi) is 3.42. The summed E-state index contributed by atoms with van der Waals surface area (Å²) in [5.74, 6) is -0.110. The average molecular weight is 261 g/mol. The summed E-state index contributed by atoms with van der Waals surface area (Å²) < 4.78 is 3.44. The zero-order valence-corrected chi connectivity index (χ0v) is 11.9. The summed E-state index contributed by atoms with van der Waals surface area (Å²) in [7, 11) is 3.69. The van der Waals surface area contributed by atoms with E-state index in [0.717, 1.165) is 17.0 Å². The summed E-state index contributed by atoms with van der Waals surface area (Å²) >= 11 is 0. The molecule has 0 radical (unpaired) electrons. The van der Waals surface area contributed by atoms with Crippen LogP contribution >= 0.6 is 0 Å². The first-order chi connectivity index (χ1) is 8.90. The molecule has 1 N–H and O–H groups in total. The van der Waals surface area contributed by atoms with Crippen molar-refractivity contribution >= 4 is 5.91 Å². The molecule has 19 heavy (non-hydrogen) atoms. The molecule has 6 heteroatoms. The minimum atomic E-state index is -0.110. The van der Waals surface area contributed by atoms with Gasteiger partial charge in [-0.15, -0.1) is 0 Å². The van der Waals surface area contributed by atoms with Crippen LogP contribution in [0.3, 0.4) is 0 Å². The molecule has 2 rings (SSSR count). The van der Waals surface area contributed by atoms with Gasteiger partial charge in [-0.3, -0.25) is 14.2 Å². The van der Waals surface area contributed by atoms with Crippen LogP contribution in [0, 0.1) is 13.8 Å². The molecule has 6 nitrogen and oxygen atoms in total. The maximum Gasteiger partial charge on any atom is 0.255 e. The highest BCUT2D eigenvalue weighted by Gasteiger charge is 2.18. The van der Waals surface area contributed by atoms with E-state index in [1.807, 2.05) is 27.8 Å². The van der Waals surface area contributed by atoms with Crippen LogP contribution in [0.25, 0.3) is 0 Å². The van der Waals surface area contributed by atoms with Crippen LogP contribution in [0.4, 0.5) is 0 Å². The summed E-state index contributed by atoms with van der Waals surface area (Å²) in [4.78, 5) is 12.2. The minimum Gasteiger partial charge on any atom is -0.345 e. The van der Waals surface area contributed by atoms with E-state index in [2.05, 4.69) is 15.5 Å². The number of carbonyl (C=O) groups excluding carboxylic acids is 1. The van der Waals surface area contributed by atoms with Gasteiger partial charge in [0.1, 0.15) is 0 Å². The molecule has 0 spiro atoms. The number of carbonyl (C=O) groups is 1. The monoisotopic (exact) mass is 261 g/mol. The van der Waals surface area contributed by atoms with Gasteiger partial charge >= 0.3 is 0 Å². The van der Waals surface area contributed by atoms with E-state index in [0.29, 0.717) is 5.56 Å². The third kappa shape index (κ3) is 2.52. The van der Waals surface area contributed by atoms with Crippen molar-refractivity contribution in [3.8, 4) is 0 Å². The zero-order valence-electron chi connectivity index (χ0n) is 11.9. The van der Waals surface area contributed by atoms with E-state index in [-0.39, 0.29) is 11.9 Å². The number of hydrogen-bond donors (Lipinski definition) is 1. The first-order valence-electron chi connectivity index (χ1n) is 6.19. The molecular weight excluding hydrogens is 242 g/mol. The van der Waals surface area contributed by atoms with Crippen LogP contribution < -0.4 is 5.32 Å². The predicted octanol–water partition coefficient (Wildman–Crippen LogP) is 1.26. The first-order valence-corrected chi connectivity index (χ1v) is 6.19. The number of amides is 1. The van der Waals surface area contributed by atoms with E-state index < -0.39 is 0 Å². The molecule has 1 amide bonds. The average Bonchev–Trinajstić information content (AvgIpc) is 2.83. The lowest BCUT2D eigenvalue weighted by atomic mass is 10.1. The van der Waals surface area contributed by atoms with Gasteiger partial charge < -0.3 is 5.32 Å². The van der Waals surface area contributed by atoms with Crippen molar-refractivity contribution in [1.82, 2.24) is 24.9 Å². The van der Waals surface area contributed by atoms with Gasteiger partial charge in [-0.1, -0.05) is 0 Å². The van der Waals surface area contributed by atoms with Crippen LogP contribution in [0.1, 0.15) is 40.3 Å². The van der Waals surface area contributed by atoms with Crippen molar-refractivity contribution < 1.29 is 4.79 Å². The summed E-state index contributed by atoms with van der Waals surface area (Å²) in [5.41, 5.74) is 3.42. The second-order valence-corrected chi connectivity index (χ2v) is 4.81. The molecule has 2 aromatic rings. The SMILES string of the molecule is Cc1nn(C)cc1C(=O)N[C@H](C)c1cnn(C)c1C. The van der Waals surface area contributed by atoms with Gasteiger partial charge in [-0.2, -0.15) is 10.2 Å². The van der Waals surface area contributed by atoms with Crippen LogP contribution in [-0.2, 0) is 14.1 Å². The Labute approximate surface area is 112 Å². The van der Waals surface area contributed by atoms with Crippen molar-refractivity contribution in [3.63, 3.8) is 0 Å². The molecule has 0 saturated carbocycles. The van der Waals surface area contributed by atoms with Gasteiger partial charge in [0.05, 0.1) is 23.5 Å². The molecule has 0 aromatic carbocycles. The summed E-state index contributed by atoms with van der Waals surface area (Å²) in [5, 5.41) is 11.3. The molecule has 0 unspecified atom stereocenters. The van der Waals surface area contributed by atoms with E-state index in [1.54, 1.807) is 28.8 Å². The Morgan fingerprint density at radius 2 is 2.05 bits per heavy atom. The predicted molar refractivity (Wildman–Crippen MR) is 71.8 cm³/mol. The molecule has 0 aliphatic carbocycles. The van der Waals surface area contributed by atoms with Crippen LogP contribution in [0.15, 0.2) is 12.4 Å². The zero-order chi connectivity index (χ0) is 14.2. The standard InChI is InChI=1S/C13H19N5O/c1-8(11-6-14-18(5)10(11)3)15-13(19)12-7-17(4)16-9(12)2/h6-8H,1-5H3,(H,15,19)/t8-/m1/s1. The molecule has 0 aliphatic rings. The second-order valence-electron chi connectivity index (χ2n) is 4.81. The lowest BCUT2D eigenvalue weighted by Crippen LogP contribution is -2.27. The van der Waals surface area contributed by atoms with Crippen molar-refractivity contribution in [3.05, 3.63) is 34.9 Å². The maximum absolute atomic E-state index is 12.2. The molecule has 102 valence electrons. The second kappa shape index (κ2) is 4.87. The Hall–Kier alpha value is -2.11. The van der Waals surface area contributed by atoms with Crippen molar-refractivity contribution in [2.45, 2.75) is 26.8 Å². The third-order valence-corrected chi connectivity index (χ3v) is 3.35. The fourth-order valence-electron chi connectivity index (χ4n) is 2.12. The minimum absolute atomic E-state index is 0.0826. The summed E-state index contributed by atoms with van der Waals surface area (Å²) in [6.45, 7) is 5.77. The molecule has 2 heterocycles. The molecule has 0 bridgehead atoms. The van der Waals surface area contributed by atoms with Gasteiger partial charge in [-0.25, -0.2) is 0 Å². The fraction of sp³-hybridized carbons (Fsp3) is 0.462. The number of aromatic nitrogens is 4. The number of aryl methyl sites for hydroxylation is 3. The molecule has 0 saturated heterocycles. The fourth-order valence-corrected chi connectivity index (χ4v) is 2.12. The van der Waals surface area contributed by atoms with Gasteiger partial charge in [0.2, 0.25) is 0 Å². The largest absolute Gasteiger partial charge is 0.345 e. The number of rotatable bonds is 3. The summed E-state index contributed by atoms with van der Waals surface area (Å²) in [6.07, 6.45) is 3.52. The Bertz CT molecular complexity index is 611. The van der Waals surface area contributed by atoms with Gasteiger partial charge in [0.15, 0.2) is 0 Å². The van der Waals surface area contributed by atoms with Crippen molar-refractivity contribution in [2.75, 3.05) is 0 Å². The normalized spacial score (nSPS) is 12.5. The van der Waals surface area contributed by atoms with Gasteiger partial charge in [0.25, 0.3) is 5.91 Å². The molecule has 0 aliphatic heterocycles. The highest BCUT2D eigenvalue weighted by molar-refractivity contribution is 5.95. The van der Waals surface area contributed by atoms with E-state index in [9.17, 15) is 4.79 Å². The topological polar surface area (TPSA) is 64.7 Å². The highest BCUT2D eigenvalue weighted by atomic mass is 16.1. The lowest BCUT2D eigenvalue weighted by Gasteiger charge is -2.13. The van der Waals surface area contributed by atoms with Crippen molar-refractivity contribution in [2.24, 2.45) is 14.1 Å². The Balaban J connectivity index is 2.15. The van der Waals surface area contributed by atoms with Crippen LogP contribution in [0.5, 0.6) is 0 Å². The first kappa shape index (κ1) is 13.3. The van der Waals surface area contributed by atoms with E-state index in [4.69, 9.17) is 0 Å². The number of nitrogens with zero attached hydrogens (tertiary/aromatic N) is 4. The van der Waals surface area contributed by atoms with E-state index in [1.165, 1.54) is 0 Å². The number of hydrogen-bond acceptors (Lipinski definition) is 3. The van der Waals surface area contributed by atoms with Crippen LogP contribution in [-0.4, -0.2) is 25.5 Å². The molecule has 2 aromatic heterocycles. The van der Waals surface area contributed by atoms with Gasteiger partial charge in [0, 0.05) is 31.5 Å². The maximum atomic E-state index is 12.2. The van der Waals surface area contributed by atoms with Crippen molar-refractivity contribution in [1.29, 1.82) is 0 Å². The summed E-state index contributed by atoms with van der Waals surface area (Å²) in [6, 6.07) is -0.0826. The third-order valence-electron chi connectivity index (χ3n) is 3.35. The molecule has 1 atom stereocenters. The highest BCUT2D eigenvalue weighted by Crippen LogP contribution is 2.17. The van der Waals surface area contributed by atoms with Gasteiger partial charge in [-0.05, 0) is 20.8 Å². The van der Waals surface area contributed by atoms with E-state index >= 15 is 0 Å². The lowest BCUT2D eigenvalue weighted by molar-refractivity contribution is 0.0939. The Morgan fingerprint density at radius 3 is 2.53 bits per heavy atom. The van der Waals surface area contributed by atoms with Crippen LogP contribution in [0.2, 0.25) is 0 Å². The Morgan fingerprint density at radius 1 is 1.37 bits per heavy atom. The molecule has 0 fully saturated rings. The smallest absolute Gasteiger partial charge is 0.255 e. The quantitative estimate of drug-likeness (QED) is 0.904. The number of nitrogens with one attached hydrogen (secondary N) is 1.